The van der Waals surface area contributed by atoms with E-state index < -0.39 is 11.7 Å². The van der Waals surface area contributed by atoms with E-state index in [0.717, 1.165) is 11.1 Å². The molecule has 156 valence electrons. The first-order valence-corrected chi connectivity index (χ1v) is 9.98. The van der Waals surface area contributed by atoms with Crippen LogP contribution in [0.5, 0.6) is 0 Å². The van der Waals surface area contributed by atoms with Crippen LogP contribution in [0.3, 0.4) is 0 Å². The van der Waals surface area contributed by atoms with Crippen LogP contribution in [-0.4, -0.2) is 42.6 Å². The maximum absolute atomic E-state index is 12.2. The van der Waals surface area contributed by atoms with Gasteiger partial charge in [-0.2, -0.15) is 0 Å². The predicted octanol–water partition coefficient (Wildman–Crippen LogP) is 4.66. The van der Waals surface area contributed by atoms with Gasteiger partial charge in [-0.05, 0) is 50.3 Å². The molecule has 5 nitrogen and oxygen atoms in total. The minimum Gasteiger partial charge on any atom is -0.444 e. The standard InChI is InChI=1S/C24H32N2O3/c1-24(2,3)29-23(28)25-21(15-16-22(27)26(4)5)17-18-11-13-20(14-12-18)19-9-7-6-8-10-19/h6-14,21H,15-17H2,1-5H3,(H,25,28). The Balaban J connectivity index is 2.07. The van der Waals surface area contributed by atoms with Crippen molar-refractivity contribution in [1.82, 2.24) is 10.2 Å². The Kier molecular flexibility index (Phi) is 7.82. The number of carbonyl (C=O) groups is 2. The number of hydrogen-bond acceptors (Lipinski definition) is 3. The van der Waals surface area contributed by atoms with Gasteiger partial charge in [-0.1, -0.05) is 54.6 Å². The second-order valence-electron chi connectivity index (χ2n) is 8.44. The van der Waals surface area contributed by atoms with Gasteiger partial charge in [-0.3, -0.25) is 4.79 Å². The molecule has 0 spiro atoms. The molecule has 0 aromatic heterocycles. The number of rotatable bonds is 7. The second kappa shape index (κ2) is 10.1. The van der Waals surface area contributed by atoms with Crippen molar-refractivity contribution in [3.8, 4) is 11.1 Å². The maximum Gasteiger partial charge on any atom is 0.407 e. The van der Waals surface area contributed by atoms with Crippen LogP contribution in [0.2, 0.25) is 0 Å². The Morgan fingerprint density at radius 3 is 2.10 bits per heavy atom. The van der Waals surface area contributed by atoms with Crippen LogP contribution in [0.1, 0.15) is 39.2 Å². The summed E-state index contributed by atoms with van der Waals surface area (Å²) in [5, 5.41) is 2.93. The van der Waals surface area contributed by atoms with E-state index in [1.165, 1.54) is 5.56 Å². The van der Waals surface area contributed by atoms with Crippen LogP contribution in [-0.2, 0) is 16.0 Å². The Morgan fingerprint density at radius 1 is 0.966 bits per heavy atom. The van der Waals surface area contributed by atoms with E-state index in [1.807, 2.05) is 39.0 Å². The van der Waals surface area contributed by atoms with Gasteiger partial charge in [-0.25, -0.2) is 4.79 Å². The summed E-state index contributed by atoms with van der Waals surface area (Å²) >= 11 is 0. The van der Waals surface area contributed by atoms with Gasteiger partial charge in [0, 0.05) is 26.6 Å². The normalized spacial score (nSPS) is 12.2. The Morgan fingerprint density at radius 2 is 1.55 bits per heavy atom. The third kappa shape index (κ3) is 7.98. The number of nitrogens with zero attached hydrogens (tertiary/aromatic N) is 1. The fourth-order valence-corrected chi connectivity index (χ4v) is 2.97. The van der Waals surface area contributed by atoms with Crippen molar-refractivity contribution >= 4 is 12.0 Å². The van der Waals surface area contributed by atoms with Crippen LogP contribution < -0.4 is 5.32 Å². The largest absolute Gasteiger partial charge is 0.444 e. The highest BCUT2D eigenvalue weighted by atomic mass is 16.6. The molecule has 5 heteroatoms. The topological polar surface area (TPSA) is 58.6 Å². The van der Waals surface area contributed by atoms with Gasteiger partial charge in [0.05, 0.1) is 0 Å². The van der Waals surface area contributed by atoms with E-state index >= 15 is 0 Å². The molecule has 0 aliphatic rings. The quantitative estimate of drug-likeness (QED) is 0.741. The molecular formula is C24H32N2O3. The SMILES string of the molecule is CN(C)C(=O)CCC(Cc1ccc(-c2ccccc2)cc1)NC(=O)OC(C)(C)C. The van der Waals surface area contributed by atoms with Crippen molar-refractivity contribution in [3.05, 3.63) is 60.2 Å². The summed E-state index contributed by atoms with van der Waals surface area (Å²) in [6.45, 7) is 5.50. The summed E-state index contributed by atoms with van der Waals surface area (Å²) < 4.78 is 5.39. The number of hydrogen-bond donors (Lipinski definition) is 1. The van der Waals surface area contributed by atoms with Crippen molar-refractivity contribution < 1.29 is 14.3 Å². The molecule has 29 heavy (non-hydrogen) atoms. The summed E-state index contributed by atoms with van der Waals surface area (Å²) in [4.78, 5) is 25.8. The van der Waals surface area contributed by atoms with E-state index in [-0.39, 0.29) is 11.9 Å². The van der Waals surface area contributed by atoms with Gasteiger partial charge in [0.1, 0.15) is 5.60 Å². The van der Waals surface area contributed by atoms with Crippen molar-refractivity contribution in [3.63, 3.8) is 0 Å². The molecule has 0 aliphatic heterocycles. The lowest BCUT2D eigenvalue weighted by molar-refractivity contribution is -0.128. The molecule has 1 unspecified atom stereocenters. The van der Waals surface area contributed by atoms with E-state index in [0.29, 0.717) is 19.3 Å². The van der Waals surface area contributed by atoms with E-state index in [9.17, 15) is 9.59 Å². The van der Waals surface area contributed by atoms with Crippen molar-refractivity contribution in [2.24, 2.45) is 0 Å². The number of nitrogens with one attached hydrogen (secondary N) is 1. The highest BCUT2D eigenvalue weighted by Gasteiger charge is 2.21. The first-order chi connectivity index (χ1) is 13.6. The maximum atomic E-state index is 12.2. The smallest absolute Gasteiger partial charge is 0.407 e. The van der Waals surface area contributed by atoms with Gasteiger partial charge in [-0.15, -0.1) is 0 Å². The molecular weight excluding hydrogens is 364 g/mol. The molecule has 0 fully saturated rings. The van der Waals surface area contributed by atoms with Gasteiger partial charge in [0.25, 0.3) is 0 Å². The predicted molar refractivity (Wildman–Crippen MR) is 117 cm³/mol. The van der Waals surface area contributed by atoms with Gasteiger partial charge < -0.3 is 15.0 Å². The minimum atomic E-state index is -0.564. The summed E-state index contributed by atoms with van der Waals surface area (Å²) in [5.41, 5.74) is 2.85. The number of carbonyl (C=O) groups excluding carboxylic acids is 2. The molecule has 0 saturated heterocycles. The summed E-state index contributed by atoms with van der Waals surface area (Å²) in [6.07, 6.45) is 1.10. The molecule has 0 bridgehead atoms. The fourth-order valence-electron chi connectivity index (χ4n) is 2.97. The third-order valence-corrected chi connectivity index (χ3v) is 4.47. The van der Waals surface area contributed by atoms with E-state index in [4.69, 9.17) is 4.74 Å². The van der Waals surface area contributed by atoms with Crippen LogP contribution in [0.4, 0.5) is 4.79 Å². The zero-order chi connectivity index (χ0) is 21.4. The molecule has 0 aliphatic carbocycles. The lowest BCUT2D eigenvalue weighted by atomic mass is 9.98. The molecule has 2 amide bonds. The monoisotopic (exact) mass is 396 g/mol. The molecule has 0 heterocycles. The molecule has 0 saturated carbocycles. The highest BCUT2D eigenvalue weighted by Crippen LogP contribution is 2.20. The van der Waals surface area contributed by atoms with Crippen molar-refractivity contribution in [1.29, 1.82) is 0 Å². The summed E-state index contributed by atoms with van der Waals surface area (Å²) in [5.74, 6) is 0.0421. The molecule has 0 radical (unpaired) electrons. The van der Waals surface area contributed by atoms with Crippen LogP contribution in [0.25, 0.3) is 11.1 Å². The van der Waals surface area contributed by atoms with Crippen LogP contribution in [0, 0.1) is 0 Å². The minimum absolute atomic E-state index is 0.0421. The van der Waals surface area contributed by atoms with Crippen LogP contribution >= 0.6 is 0 Å². The zero-order valence-electron chi connectivity index (χ0n) is 18.1. The average molecular weight is 397 g/mol. The van der Waals surface area contributed by atoms with E-state index in [1.54, 1.807) is 19.0 Å². The van der Waals surface area contributed by atoms with Gasteiger partial charge >= 0.3 is 6.09 Å². The number of ether oxygens (including phenoxy) is 1. The molecule has 1 N–H and O–H groups in total. The Labute approximate surface area is 174 Å². The van der Waals surface area contributed by atoms with Crippen molar-refractivity contribution in [2.45, 2.75) is 51.7 Å². The summed E-state index contributed by atoms with van der Waals surface area (Å²) in [7, 11) is 3.47. The zero-order valence-corrected chi connectivity index (χ0v) is 18.1. The third-order valence-electron chi connectivity index (χ3n) is 4.47. The number of amides is 2. The van der Waals surface area contributed by atoms with Gasteiger partial charge in [0.2, 0.25) is 5.91 Å². The summed E-state index contributed by atoms with van der Waals surface area (Å²) in [6, 6.07) is 18.3. The Hall–Kier alpha value is -2.82. The van der Waals surface area contributed by atoms with Crippen LogP contribution in [0.15, 0.2) is 54.6 Å². The average Bonchev–Trinajstić information content (AvgIpc) is 2.65. The number of alkyl carbamates (subject to hydrolysis) is 1. The second-order valence-corrected chi connectivity index (χ2v) is 8.44. The van der Waals surface area contributed by atoms with Crippen molar-refractivity contribution in [2.75, 3.05) is 14.1 Å². The van der Waals surface area contributed by atoms with E-state index in [2.05, 4.69) is 41.7 Å². The first kappa shape index (κ1) is 22.5. The Bertz CT molecular complexity index is 793. The lowest BCUT2D eigenvalue weighted by Crippen LogP contribution is -2.41. The highest BCUT2D eigenvalue weighted by molar-refractivity contribution is 5.75. The number of benzene rings is 2. The molecule has 2 aromatic rings. The molecule has 2 rings (SSSR count). The lowest BCUT2D eigenvalue weighted by Gasteiger charge is -2.24. The molecule has 1 atom stereocenters. The van der Waals surface area contributed by atoms with Gasteiger partial charge in [0.15, 0.2) is 0 Å². The molecule has 2 aromatic carbocycles. The first-order valence-electron chi connectivity index (χ1n) is 9.98. The fraction of sp³-hybridized carbons (Fsp3) is 0.417.